The molecule has 19 heavy (non-hydrogen) atoms. The minimum atomic E-state index is -2.88. The predicted octanol–water partition coefficient (Wildman–Crippen LogP) is 2.47. The van der Waals surface area contributed by atoms with E-state index >= 15 is 0 Å². The molecule has 0 saturated heterocycles. The number of hydrogen-bond donors (Lipinski definition) is 0. The molecule has 0 aliphatic rings. The van der Waals surface area contributed by atoms with Crippen LogP contribution in [0.5, 0.6) is 0 Å². The fourth-order valence-corrected chi connectivity index (χ4v) is 3.30. The lowest BCUT2D eigenvalue weighted by Gasteiger charge is -2.23. The Hall–Kier alpha value is 0.247. The number of ether oxygens (including phenoxy) is 1. The minimum Gasteiger partial charge on any atom is -0.457 e. The molecular weight excluding hydrogens is 494 g/mol. The van der Waals surface area contributed by atoms with Gasteiger partial charge in [-0.3, -0.25) is 0 Å². The fraction of sp³-hybridized carbons (Fsp3) is 0.364. The monoisotopic (exact) mass is 508 g/mol. The van der Waals surface area contributed by atoms with E-state index in [0.29, 0.717) is 5.56 Å². The van der Waals surface area contributed by atoms with Gasteiger partial charge in [0.2, 0.25) is 0 Å². The van der Waals surface area contributed by atoms with Crippen LogP contribution < -0.4 is 0 Å². The molecule has 106 valence electrons. The maximum absolute atomic E-state index is 11.9. The molecule has 0 fully saturated rings. The SMILES string of the molecule is CO[Si](COC(=O)c1ccc(I)c(I)c1)(OC)OC. The number of rotatable bonds is 6. The van der Waals surface area contributed by atoms with Crippen LogP contribution in [-0.2, 0) is 18.0 Å². The lowest BCUT2D eigenvalue weighted by molar-refractivity contribution is 0.0397. The lowest BCUT2D eigenvalue weighted by atomic mass is 10.2. The third kappa shape index (κ3) is 4.63. The molecule has 0 amide bonds. The molecule has 0 heterocycles. The number of halogens is 2. The second-order valence-corrected chi connectivity index (χ2v) is 8.70. The third-order valence-corrected chi connectivity index (χ3v) is 7.70. The molecule has 0 saturated carbocycles. The van der Waals surface area contributed by atoms with E-state index in [2.05, 4.69) is 45.2 Å². The van der Waals surface area contributed by atoms with Crippen LogP contribution in [-0.4, -0.2) is 42.3 Å². The van der Waals surface area contributed by atoms with Crippen molar-refractivity contribution in [2.45, 2.75) is 0 Å². The summed E-state index contributed by atoms with van der Waals surface area (Å²) in [5.41, 5.74) is 0.496. The molecule has 0 atom stereocenters. The fourth-order valence-electron chi connectivity index (χ4n) is 1.29. The van der Waals surface area contributed by atoms with Crippen molar-refractivity contribution in [3.63, 3.8) is 0 Å². The van der Waals surface area contributed by atoms with E-state index in [1.54, 1.807) is 12.1 Å². The second kappa shape index (κ2) is 7.88. The van der Waals surface area contributed by atoms with Gasteiger partial charge in [-0.25, -0.2) is 4.79 Å². The smallest absolute Gasteiger partial charge is 0.457 e. The van der Waals surface area contributed by atoms with Gasteiger partial charge in [-0.05, 0) is 63.4 Å². The van der Waals surface area contributed by atoms with Crippen molar-refractivity contribution in [3.05, 3.63) is 30.9 Å². The van der Waals surface area contributed by atoms with Crippen molar-refractivity contribution in [1.29, 1.82) is 0 Å². The van der Waals surface area contributed by atoms with E-state index in [1.165, 1.54) is 21.3 Å². The van der Waals surface area contributed by atoms with Gasteiger partial charge < -0.3 is 18.0 Å². The highest BCUT2D eigenvalue weighted by Gasteiger charge is 2.40. The van der Waals surface area contributed by atoms with E-state index in [1.807, 2.05) is 6.07 Å². The standard InChI is InChI=1S/C11H14I2O5Si/c1-15-19(16-2,17-3)7-18-11(14)8-4-5-9(12)10(13)6-8/h4-6H,7H2,1-3H3. The highest BCUT2D eigenvalue weighted by Crippen LogP contribution is 2.17. The Morgan fingerprint density at radius 1 is 1.11 bits per heavy atom. The normalized spacial score (nSPS) is 11.4. The van der Waals surface area contributed by atoms with Crippen molar-refractivity contribution < 1.29 is 22.8 Å². The Morgan fingerprint density at radius 2 is 1.68 bits per heavy atom. The van der Waals surface area contributed by atoms with E-state index in [4.69, 9.17) is 18.0 Å². The summed E-state index contributed by atoms with van der Waals surface area (Å²) in [6, 6.07) is 5.37. The predicted molar refractivity (Wildman–Crippen MR) is 88.9 cm³/mol. The lowest BCUT2D eigenvalue weighted by Crippen LogP contribution is -2.48. The third-order valence-electron chi connectivity index (χ3n) is 2.47. The Bertz CT molecular complexity index is 442. The molecule has 1 aromatic rings. The largest absolute Gasteiger partial charge is 0.539 e. The van der Waals surface area contributed by atoms with Crippen LogP contribution in [0.25, 0.3) is 0 Å². The van der Waals surface area contributed by atoms with Gasteiger partial charge in [-0.1, -0.05) is 0 Å². The van der Waals surface area contributed by atoms with Crippen LogP contribution in [0.2, 0.25) is 0 Å². The molecule has 0 N–H and O–H groups in total. The van der Waals surface area contributed by atoms with E-state index in [-0.39, 0.29) is 6.23 Å². The average Bonchev–Trinajstić information content (AvgIpc) is 2.43. The van der Waals surface area contributed by atoms with Crippen molar-refractivity contribution in [2.75, 3.05) is 27.6 Å². The highest BCUT2D eigenvalue weighted by molar-refractivity contribution is 14.1. The quantitative estimate of drug-likeness (QED) is 0.336. The molecule has 0 aliphatic heterocycles. The van der Waals surface area contributed by atoms with Gasteiger partial charge in [-0.15, -0.1) is 0 Å². The summed E-state index contributed by atoms with van der Waals surface area (Å²) in [5.74, 6) is -0.419. The Morgan fingerprint density at radius 3 is 2.16 bits per heavy atom. The summed E-state index contributed by atoms with van der Waals surface area (Å²) in [6.07, 6.45) is -0.0160. The molecule has 0 radical (unpaired) electrons. The first-order valence-electron chi connectivity index (χ1n) is 5.25. The zero-order valence-corrected chi connectivity index (χ0v) is 16.1. The molecule has 1 rings (SSSR count). The van der Waals surface area contributed by atoms with E-state index in [0.717, 1.165) is 7.14 Å². The Balaban J connectivity index is 2.72. The van der Waals surface area contributed by atoms with Gasteiger partial charge in [-0.2, -0.15) is 0 Å². The van der Waals surface area contributed by atoms with Gasteiger partial charge in [0.25, 0.3) is 0 Å². The topological polar surface area (TPSA) is 54.0 Å². The van der Waals surface area contributed by atoms with Crippen molar-refractivity contribution in [3.8, 4) is 0 Å². The first kappa shape index (κ1) is 17.3. The van der Waals surface area contributed by atoms with Crippen LogP contribution in [0.3, 0.4) is 0 Å². The summed E-state index contributed by atoms with van der Waals surface area (Å²) < 4.78 is 22.8. The molecule has 1 aromatic carbocycles. The van der Waals surface area contributed by atoms with Gasteiger partial charge >= 0.3 is 14.8 Å². The highest BCUT2D eigenvalue weighted by atomic mass is 127. The number of carbonyl (C=O) groups is 1. The van der Waals surface area contributed by atoms with Gasteiger partial charge in [0.05, 0.1) is 5.56 Å². The molecule has 8 heteroatoms. The first-order valence-corrected chi connectivity index (χ1v) is 9.34. The molecule has 0 aromatic heterocycles. The second-order valence-electron chi connectivity index (χ2n) is 3.50. The van der Waals surface area contributed by atoms with Crippen LogP contribution in [0, 0.1) is 7.14 Å². The number of hydrogen-bond acceptors (Lipinski definition) is 5. The minimum absolute atomic E-state index is 0.0160. The summed E-state index contributed by atoms with van der Waals surface area (Å²) in [4.78, 5) is 11.9. The maximum atomic E-state index is 11.9. The van der Waals surface area contributed by atoms with E-state index in [9.17, 15) is 4.79 Å². The molecule has 0 aliphatic carbocycles. The molecule has 0 bridgehead atoms. The van der Waals surface area contributed by atoms with Crippen LogP contribution in [0.4, 0.5) is 0 Å². The maximum Gasteiger partial charge on any atom is 0.539 e. The Labute approximate surface area is 140 Å². The summed E-state index contributed by atoms with van der Waals surface area (Å²) in [5, 5.41) is 0. The molecular formula is C11H14I2O5Si. The first-order chi connectivity index (χ1) is 8.98. The van der Waals surface area contributed by atoms with Crippen LogP contribution in [0.15, 0.2) is 18.2 Å². The zero-order chi connectivity index (χ0) is 14.5. The number of carbonyl (C=O) groups excluding carboxylic acids is 1. The zero-order valence-electron chi connectivity index (χ0n) is 10.7. The number of benzene rings is 1. The number of esters is 1. The molecule has 5 nitrogen and oxygen atoms in total. The van der Waals surface area contributed by atoms with Crippen molar-refractivity contribution >= 4 is 60.0 Å². The van der Waals surface area contributed by atoms with Gasteiger partial charge in [0.15, 0.2) is 6.23 Å². The summed E-state index contributed by atoms with van der Waals surface area (Å²) in [7, 11) is 1.54. The molecule has 0 unspecified atom stereocenters. The molecule has 0 spiro atoms. The summed E-state index contributed by atoms with van der Waals surface area (Å²) in [6.45, 7) is 0. The van der Waals surface area contributed by atoms with Gasteiger partial charge in [0.1, 0.15) is 0 Å². The van der Waals surface area contributed by atoms with Crippen LogP contribution >= 0.6 is 45.2 Å². The van der Waals surface area contributed by atoms with Crippen LogP contribution in [0.1, 0.15) is 10.4 Å². The van der Waals surface area contributed by atoms with E-state index < -0.39 is 14.8 Å². The van der Waals surface area contributed by atoms with Gasteiger partial charge in [0, 0.05) is 28.5 Å². The summed E-state index contributed by atoms with van der Waals surface area (Å²) >= 11 is 4.37. The van der Waals surface area contributed by atoms with Crippen molar-refractivity contribution in [1.82, 2.24) is 0 Å². The Kier molecular flexibility index (Phi) is 7.17. The average molecular weight is 508 g/mol. The van der Waals surface area contributed by atoms with Crippen molar-refractivity contribution in [2.24, 2.45) is 0 Å².